The molecule has 0 saturated carbocycles. The molecule has 1 aliphatic heterocycles. The van der Waals surface area contributed by atoms with Gasteiger partial charge in [0.2, 0.25) is 0 Å². The standard InChI is InChI=1S/C17H28N2O2/c1-6-7-20-15-9-13(18)8-14(10-15)19-11-16(2,3)21-17(4,5)12-19/h8-10H,6-7,11-12,18H2,1-5H3. The van der Waals surface area contributed by atoms with Crippen LogP contribution in [0.5, 0.6) is 5.75 Å². The number of hydrogen-bond donors (Lipinski definition) is 1. The smallest absolute Gasteiger partial charge is 0.123 e. The molecule has 1 aromatic rings. The van der Waals surface area contributed by atoms with Crippen molar-refractivity contribution in [2.75, 3.05) is 30.3 Å². The Labute approximate surface area is 128 Å². The van der Waals surface area contributed by atoms with Crippen LogP contribution in [0.2, 0.25) is 0 Å². The topological polar surface area (TPSA) is 47.7 Å². The highest BCUT2D eigenvalue weighted by Gasteiger charge is 2.38. The second-order valence-electron chi connectivity index (χ2n) is 7.09. The monoisotopic (exact) mass is 292 g/mol. The molecule has 4 nitrogen and oxygen atoms in total. The lowest BCUT2D eigenvalue weighted by Gasteiger charge is -2.48. The Balaban J connectivity index is 2.26. The van der Waals surface area contributed by atoms with Crippen LogP contribution in [0.15, 0.2) is 18.2 Å². The van der Waals surface area contributed by atoms with Crippen LogP contribution in [-0.2, 0) is 4.74 Å². The van der Waals surface area contributed by atoms with Gasteiger partial charge in [0.15, 0.2) is 0 Å². The van der Waals surface area contributed by atoms with E-state index in [0.717, 1.165) is 36.6 Å². The molecule has 0 spiro atoms. The van der Waals surface area contributed by atoms with Crippen molar-refractivity contribution in [2.45, 2.75) is 52.2 Å². The van der Waals surface area contributed by atoms with Gasteiger partial charge < -0.3 is 20.1 Å². The molecule has 2 N–H and O–H groups in total. The normalized spacial score (nSPS) is 20.3. The molecule has 1 aromatic carbocycles. The summed E-state index contributed by atoms with van der Waals surface area (Å²) in [6, 6.07) is 5.97. The first-order valence-corrected chi connectivity index (χ1v) is 7.69. The first-order valence-electron chi connectivity index (χ1n) is 7.69. The molecule has 21 heavy (non-hydrogen) atoms. The Hall–Kier alpha value is -1.42. The highest BCUT2D eigenvalue weighted by Crippen LogP contribution is 2.34. The number of nitrogens with two attached hydrogens (primary N) is 1. The van der Waals surface area contributed by atoms with Gasteiger partial charge in [-0.05, 0) is 40.2 Å². The largest absolute Gasteiger partial charge is 0.493 e. The summed E-state index contributed by atoms with van der Waals surface area (Å²) in [6.07, 6.45) is 0.988. The second-order valence-corrected chi connectivity index (χ2v) is 7.09. The summed E-state index contributed by atoms with van der Waals surface area (Å²) in [5.74, 6) is 0.842. The van der Waals surface area contributed by atoms with E-state index in [9.17, 15) is 0 Å². The highest BCUT2D eigenvalue weighted by atomic mass is 16.5. The van der Waals surface area contributed by atoms with E-state index in [0.29, 0.717) is 6.61 Å². The van der Waals surface area contributed by atoms with E-state index >= 15 is 0 Å². The fourth-order valence-electron chi connectivity index (χ4n) is 3.06. The molecule has 4 heteroatoms. The maximum absolute atomic E-state index is 6.13. The maximum Gasteiger partial charge on any atom is 0.123 e. The number of hydrogen-bond acceptors (Lipinski definition) is 4. The van der Waals surface area contributed by atoms with Crippen LogP contribution >= 0.6 is 0 Å². The van der Waals surface area contributed by atoms with Crippen molar-refractivity contribution >= 4 is 11.4 Å². The van der Waals surface area contributed by atoms with Gasteiger partial charge in [0.1, 0.15) is 5.75 Å². The molecular weight excluding hydrogens is 264 g/mol. The molecule has 1 heterocycles. The van der Waals surface area contributed by atoms with E-state index in [2.05, 4.69) is 45.6 Å². The van der Waals surface area contributed by atoms with Crippen LogP contribution in [0, 0.1) is 0 Å². The van der Waals surface area contributed by atoms with E-state index in [-0.39, 0.29) is 11.2 Å². The van der Waals surface area contributed by atoms with Crippen molar-refractivity contribution in [1.82, 2.24) is 0 Å². The molecule has 1 fully saturated rings. The fraction of sp³-hybridized carbons (Fsp3) is 0.647. The molecule has 0 aromatic heterocycles. The van der Waals surface area contributed by atoms with Crippen LogP contribution in [0.4, 0.5) is 11.4 Å². The summed E-state index contributed by atoms with van der Waals surface area (Å²) in [6.45, 7) is 13.0. The summed E-state index contributed by atoms with van der Waals surface area (Å²) >= 11 is 0. The van der Waals surface area contributed by atoms with Gasteiger partial charge in [-0.2, -0.15) is 0 Å². The third kappa shape index (κ3) is 4.27. The number of morpholine rings is 1. The zero-order chi connectivity index (χ0) is 15.7. The Morgan fingerprint density at radius 2 is 1.76 bits per heavy atom. The molecule has 0 aliphatic carbocycles. The number of ether oxygens (including phenoxy) is 2. The molecule has 2 rings (SSSR count). The van der Waals surface area contributed by atoms with E-state index in [1.165, 1.54) is 0 Å². The number of nitrogen functional groups attached to an aromatic ring is 1. The molecule has 0 amide bonds. The van der Waals surface area contributed by atoms with Gasteiger partial charge in [-0.1, -0.05) is 6.92 Å². The van der Waals surface area contributed by atoms with Gasteiger partial charge in [-0.25, -0.2) is 0 Å². The van der Waals surface area contributed by atoms with Gasteiger partial charge in [-0.3, -0.25) is 0 Å². The van der Waals surface area contributed by atoms with Crippen LogP contribution in [0.3, 0.4) is 0 Å². The third-order valence-corrected chi connectivity index (χ3v) is 3.45. The number of nitrogens with zero attached hydrogens (tertiary/aromatic N) is 1. The minimum Gasteiger partial charge on any atom is -0.493 e. The van der Waals surface area contributed by atoms with Crippen molar-refractivity contribution < 1.29 is 9.47 Å². The summed E-state index contributed by atoms with van der Waals surface area (Å²) in [4.78, 5) is 2.33. The van der Waals surface area contributed by atoms with Crippen molar-refractivity contribution in [1.29, 1.82) is 0 Å². The summed E-state index contributed by atoms with van der Waals surface area (Å²) < 4.78 is 11.9. The summed E-state index contributed by atoms with van der Waals surface area (Å²) in [5.41, 5.74) is 7.51. The summed E-state index contributed by atoms with van der Waals surface area (Å²) in [5, 5.41) is 0. The van der Waals surface area contributed by atoms with Crippen LogP contribution in [0.1, 0.15) is 41.0 Å². The van der Waals surface area contributed by atoms with Gasteiger partial charge in [-0.15, -0.1) is 0 Å². The molecule has 0 radical (unpaired) electrons. The minimum absolute atomic E-state index is 0.184. The quantitative estimate of drug-likeness (QED) is 0.863. The van der Waals surface area contributed by atoms with E-state index < -0.39 is 0 Å². The van der Waals surface area contributed by atoms with Gasteiger partial charge in [0.05, 0.1) is 17.8 Å². The van der Waals surface area contributed by atoms with Crippen molar-refractivity contribution in [3.05, 3.63) is 18.2 Å². The van der Waals surface area contributed by atoms with E-state index in [4.69, 9.17) is 15.2 Å². The molecule has 0 unspecified atom stereocenters. The number of anilines is 2. The van der Waals surface area contributed by atoms with Crippen molar-refractivity contribution in [3.63, 3.8) is 0 Å². The zero-order valence-corrected chi connectivity index (χ0v) is 13.9. The lowest BCUT2D eigenvalue weighted by atomic mass is 9.98. The maximum atomic E-state index is 6.13. The number of benzene rings is 1. The van der Waals surface area contributed by atoms with E-state index in [1.807, 2.05) is 12.1 Å². The minimum atomic E-state index is -0.184. The molecule has 118 valence electrons. The van der Waals surface area contributed by atoms with Crippen molar-refractivity contribution in [3.8, 4) is 5.75 Å². The van der Waals surface area contributed by atoms with Crippen molar-refractivity contribution in [2.24, 2.45) is 0 Å². The first-order chi connectivity index (χ1) is 9.71. The molecule has 0 atom stereocenters. The van der Waals surface area contributed by atoms with E-state index in [1.54, 1.807) is 0 Å². The van der Waals surface area contributed by atoms with Crippen LogP contribution in [-0.4, -0.2) is 30.9 Å². The molecular formula is C17H28N2O2. The fourth-order valence-corrected chi connectivity index (χ4v) is 3.06. The lowest BCUT2D eigenvalue weighted by molar-refractivity contribution is -0.133. The average Bonchev–Trinajstić information content (AvgIpc) is 2.32. The number of rotatable bonds is 4. The zero-order valence-electron chi connectivity index (χ0n) is 13.9. The average molecular weight is 292 g/mol. The Morgan fingerprint density at radius 1 is 1.14 bits per heavy atom. The summed E-state index contributed by atoms with van der Waals surface area (Å²) in [7, 11) is 0. The molecule has 1 saturated heterocycles. The van der Waals surface area contributed by atoms with Gasteiger partial charge in [0, 0.05) is 36.6 Å². The van der Waals surface area contributed by atoms with Gasteiger partial charge in [0.25, 0.3) is 0 Å². The lowest BCUT2D eigenvalue weighted by Crippen LogP contribution is -2.57. The third-order valence-electron chi connectivity index (χ3n) is 3.45. The first kappa shape index (κ1) is 16.0. The molecule has 0 bridgehead atoms. The predicted molar refractivity (Wildman–Crippen MR) is 88.1 cm³/mol. The molecule has 1 aliphatic rings. The second kappa shape index (κ2) is 5.76. The van der Waals surface area contributed by atoms with Gasteiger partial charge >= 0.3 is 0 Å². The SMILES string of the molecule is CCCOc1cc(N)cc(N2CC(C)(C)OC(C)(C)C2)c1. The Morgan fingerprint density at radius 3 is 2.33 bits per heavy atom. The highest BCUT2D eigenvalue weighted by molar-refractivity contribution is 5.61. The Kier molecular flexibility index (Phi) is 4.38. The van der Waals surface area contributed by atoms with Crippen LogP contribution in [0.25, 0.3) is 0 Å². The Bertz CT molecular complexity index is 482. The predicted octanol–water partition coefficient (Wildman–Crippen LogP) is 3.45. The van der Waals surface area contributed by atoms with Crippen LogP contribution < -0.4 is 15.4 Å².